The second-order valence-corrected chi connectivity index (χ2v) is 5.04. The molecule has 0 aliphatic carbocycles. The number of carbonyl (C=O) groups is 2. The molecule has 0 atom stereocenters. The Hall–Kier alpha value is -1.20. The number of nitrogens with one attached hydrogen (secondary N) is 1. The van der Waals surface area contributed by atoms with Gasteiger partial charge in [-0.1, -0.05) is 0 Å². The predicted molar refractivity (Wildman–Crippen MR) is 78.1 cm³/mol. The van der Waals surface area contributed by atoms with Crippen molar-refractivity contribution in [1.82, 2.24) is 0 Å². The zero-order valence-electron chi connectivity index (χ0n) is 10.9. The average Bonchev–Trinajstić information content (AvgIpc) is 2.43. The molecule has 0 saturated heterocycles. The molecule has 0 radical (unpaired) electrons. The molecule has 1 amide bonds. The van der Waals surface area contributed by atoms with E-state index in [2.05, 4.69) is 10.1 Å². The third-order valence-corrected chi connectivity index (χ3v) is 3.36. The standard InChI is InChI=1S/C13H16ClNO3S/c1-18-13(17)9-6-10(8-11(7-9)19-2)15-12(16)4-3-5-14/h6-8H,3-5H2,1-2H3,(H,15,16). The number of rotatable bonds is 6. The molecule has 0 fully saturated rings. The van der Waals surface area contributed by atoms with Crippen molar-refractivity contribution in [3.63, 3.8) is 0 Å². The van der Waals surface area contributed by atoms with Crippen LogP contribution in [0.1, 0.15) is 23.2 Å². The molecule has 6 heteroatoms. The van der Waals surface area contributed by atoms with E-state index in [4.69, 9.17) is 11.6 Å². The second kappa shape index (κ2) is 8.07. The zero-order chi connectivity index (χ0) is 14.3. The number of amides is 1. The third-order valence-electron chi connectivity index (χ3n) is 2.38. The maximum absolute atomic E-state index is 11.6. The number of hydrogen-bond acceptors (Lipinski definition) is 4. The minimum atomic E-state index is -0.424. The first kappa shape index (κ1) is 15.9. The van der Waals surface area contributed by atoms with Crippen LogP contribution in [0.15, 0.2) is 23.1 Å². The normalized spacial score (nSPS) is 10.1. The molecule has 0 aliphatic heterocycles. The number of hydrogen-bond donors (Lipinski definition) is 1. The molecule has 0 saturated carbocycles. The smallest absolute Gasteiger partial charge is 0.337 e. The number of esters is 1. The number of carbonyl (C=O) groups excluding carboxylic acids is 2. The lowest BCUT2D eigenvalue weighted by atomic mass is 10.2. The van der Waals surface area contributed by atoms with Crippen LogP contribution < -0.4 is 5.32 Å². The van der Waals surface area contributed by atoms with Gasteiger partial charge < -0.3 is 10.1 Å². The molecule has 104 valence electrons. The van der Waals surface area contributed by atoms with Gasteiger partial charge in [0.15, 0.2) is 0 Å². The second-order valence-electron chi connectivity index (χ2n) is 3.78. The predicted octanol–water partition coefficient (Wildman–Crippen LogP) is 3.15. The van der Waals surface area contributed by atoms with Crippen molar-refractivity contribution >= 4 is 40.9 Å². The summed E-state index contributed by atoms with van der Waals surface area (Å²) in [4.78, 5) is 24.0. The number of halogens is 1. The van der Waals surface area contributed by atoms with Gasteiger partial charge in [0, 0.05) is 22.9 Å². The molecule has 0 bridgehead atoms. The van der Waals surface area contributed by atoms with Crippen LogP contribution in [0, 0.1) is 0 Å². The molecule has 0 heterocycles. The Kier molecular flexibility index (Phi) is 6.73. The molecule has 1 N–H and O–H groups in total. The van der Waals surface area contributed by atoms with Gasteiger partial charge in [-0.2, -0.15) is 0 Å². The third kappa shape index (κ3) is 5.12. The molecule has 0 aliphatic rings. The summed E-state index contributed by atoms with van der Waals surface area (Å²) in [6, 6.07) is 5.14. The summed E-state index contributed by atoms with van der Waals surface area (Å²) in [5, 5.41) is 2.75. The van der Waals surface area contributed by atoms with Crippen LogP contribution in [0.25, 0.3) is 0 Å². The van der Waals surface area contributed by atoms with Crippen LogP contribution in [0.4, 0.5) is 5.69 Å². The minimum Gasteiger partial charge on any atom is -0.465 e. The lowest BCUT2D eigenvalue weighted by Gasteiger charge is -2.09. The first-order valence-electron chi connectivity index (χ1n) is 5.74. The van der Waals surface area contributed by atoms with Crippen molar-refractivity contribution in [2.24, 2.45) is 0 Å². The van der Waals surface area contributed by atoms with Gasteiger partial charge in [-0.15, -0.1) is 23.4 Å². The molecule has 1 aromatic rings. The Labute approximate surface area is 121 Å². The Balaban J connectivity index is 2.87. The van der Waals surface area contributed by atoms with Gasteiger partial charge in [0.25, 0.3) is 0 Å². The Bertz CT molecular complexity index is 465. The summed E-state index contributed by atoms with van der Waals surface area (Å²) in [6.07, 6.45) is 2.88. The molecule has 1 aromatic carbocycles. The van der Waals surface area contributed by atoms with E-state index >= 15 is 0 Å². The van der Waals surface area contributed by atoms with Crippen LogP contribution >= 0.6 is 23.4 Å². The fourth-order valence-electron chi connectivity index (χ4n) is 1.48. The summed E-state index contributed by atoms with van der Waals surface area (Å²) in [5.41, 5.74) is 1.01. The molecule has 1 rings (SSSR count). The SMILES string of the molecule is COC(=O)c1cc(NC(=O)CCCCl)cc(SC)c1. The Morgan fingerprint density at radius 1 is 1.37 bits per heavy atom. The lowest BCUT2D eigenvalue weighted by molar-refractivity contribution is -0.116. The molecular weight excluding hydrogens is 286 g/mol. The van der Waals surface area contributed by atoms with Gasteiger partial charge in [-0.25, -0.2) is 4.79 Å². The lowest BCUT2D eigenvalue weighted by Crippen LogP contribution is -2.12. The van der Waals surface area contributed by atoms with Crippen LogP contribution in [-0.4, -0.2) is 31.1 Å². The van der Waals surface area contributed by atoms with E-state index in [0.717, 1.165) is 4.90 Å². The first-order chi connectivity index (χ1) is 9.10. The van der Waals surface area contributed by atoms with Crippen molar-refractivity contribution in [1.29, 1.82) is 0 Å². The monoisotopic (exact) mass is 301 g/mol. The number of ether oxygens (including phenoxy) is 1. The molecule has 4 nitrogen and oxygen atoms in total. The van der Waals surface area contributed by atoms with Gasteiger partial charge in [-0.3, -0.25) is 4.79 Å². The highest BCUT2D eigenvalue weighted by molar-refractivity contribution is 7.98. The Morgan fingerprint density at radius 2 is 2.11 bits per heavy atom. The van der Waals surface area contributed by atoms with Crippen LogP contribution in [0.2, 0.25) is 0 Å². The van der Waals surface area contributed by atoms with Crippen molar-refractivity contribution in [3.8, 4) is 0 Å². The van der Waals surface area contributed by atoms with Crippen LogP contribution in [0.3, 0.4) is 0 Å². The van der Waals surface area contributed by atoms with Crippen molar-refractivity contribution < 1.29 is 14.3 Å². The number of benzene rings is 1. The largest absolute Gasteiger partial charge is 0.465 e. The summed E-state index contributed by atoms with van der Waals surface area (Å²) >= 11 is 7.03. The molecular formula is C13H16ClNO3S. The highest BCUT2D eigenvalue weighted by Gasteiger charge is 2.10. The summed E-state index contributed by atoms with van der Waals surface area (Å²) < 4.78 is 4.68. The summed E-state index contributed by atoms with van der Waals surface area (Å²) in [7, 11) is 1.33. The maximum atomic E-state index is 11.6. The fraction of sp³-hybridized carbons (Fsp3) is 0.385. The van der Waals surface area contributed by atoms with Crippen molar-refractivity contribution in [2.75, 3.05) is 24.6 Å². The average molecular weight is 302 g/mol. The van der Waals surface area contributed by atoms with E-state index in [0.29, 0.717) is 30.0 Å². The Morgan fingerprint density at radius 3 is 2.68 bits per heavy atom. The van der Waals surface area contributed by atoms with E-state index in [9.17, 15) is 9.59 Å². The quantitative estimate of drug-likeness (QED) is 0.498. The van der Waals surface area contributed by atoms with E-state index in [1.165, 1.54) is 18.9 Å². The van der Waals surface area contributed by atoms with Crippen molar-refractivity contribution in [2.45, 2.75) is 17.7 Å². The topological polar surface area (TPSA) is 55.4 Å². The highest BCUT2D eigenvalue weighted by Crippen LogP contribution is 2.23. The maximum Gasteiger partial charge on any atom is 0.337 e. The van der Waals surface area contributed by atoms with E-state index in [1.807, 2.05) is 12.3 Å². The number of alkyl halides is 1. The van der Waals surface area contributed by atoms with Gasteiger partial charge in [0.2, 0.25) is 5.91 Å². The highest BCUT2D eigenvalue weighted by atomic mass is 35.5. The van der Waals surface area contributed by atoms with Crippen LogP contribution in [0.5, 0.6) is 0 Å². The van der Waals surface area contributed by atoms with Crippen LogP contribution in [-0.2, 0) is 9.53 Å². The van der Waals surface area contributed by atoms with Gasteiger partial charge in [-0.05, 0) is 30.9 Å². The number of thioether (sulfide) groups is 1. The van der Waals surface area contributed by atoms with E-state index in [-0.39, 0.29) is 5.91 Å². The summed E-state index contributed by atoms with van der Waals surface area (Å²) in [6.45, 7) is 0. The molecule has 19 heavy (non-hydrogen) atoms. The zero-order valence-corrected chi connectivity index (χ0v) is 12.4. The fourth-order valence-corrected chi connectivity index (χ4v) is 2.10. The molecule has 0 aromatic heterocycles. The minimum absolute atomic E-state index is 0.116. The van der Waals surface area contributed by atoms with Gasteiger partial charge in [0.1, 0.15) is 0 Å². The van der Waals surface area contributed by atoms with Gasteiger partial charge >= 0.3 is 5.97 Å². The number of anilines is 1. The van der Waals surface area contributed by atoms with Crippen molar-refractivity contribution in [3.05, 3.63) is 23.8 Å². The van der Waals surface area contributed by atoms with E-state index < -0.39 is 5.97 Å². The molecule has 0 spiro atoms. The first-order valence-corrected chi connectivity index (χ1v) is 7.50. The van der Waals surface area contributed by atoms with E-state index in [1.54, 1.807) is 12.1 Å². The van der Waals surface area contributed by atoms with Gasteiger partial charge in [0.05, 0.1) is 12.7 Å². The number of methoxy groups -OCH3 is 1. The summed E-state index contributed by atoms with van der Waals surface area (Å²) in [5.74, 6) is -0.0898. The molecule has 0 unspecified atom stereocenters.